The molecule has 136 valence electrons. The molecule has 2 saturated carbocycles. The predicted octanol–water partition coefficient (Wildman–Crippen LogP) is 4.13. The maximum atomic E-state index is 3.21. The molecular weight excluding hydrogens is 425 g/mol. The van der Waals surface area contributed by atoms with E-state index in [9.17, 15) is 0 Å². The van der Waals surface area contributed by atoms with E-state index in [0.29, 0.717) is 0 Å². The zero-order valence-electron chi connectivity index (χ0n) is 15.3. The van der Waals surface area contributed by atoms with Gasteiger partial charge < -0.3 is 0 Å². The van der Waals surface area contributed by atoms with Gasteiger partial charge in [-0.1, -0.05) is 0 Å². The van der Waals surface area contributed by atoms with Crippen LogP contribution in [0.15, 0.2) is 36.4 Å². The predicted molar refractivity (Wildman–Crippen MR) is 110 cm³/mol. The molecule has 2 fully saturated rings. The van der Waals surface area contributed by atoms with Crippen molar-refractivity contribution in [2.24, 2.45) is 0 Å². The van der Waals surface area contributed by atoms with Crippen LogP contribution in [0.5, 0.6) is 0 Å². The standard InChI is InChI=1S/C18H20NSe.C5H5.Fe/c1-3-19(4-2)18(20)14-17(16-12-8-9-13-16)15-10-6-5-7-11-15;1-2-4-5-3-1;/h5-14H,3-4H2,1-2H3;1-5H;/b17-14-;;. The number of rotatable bonds is 6. The van der Waals surface area contributed by atoms with Crippen molar-refractivity contribution in [2.75, 3.05) is 13.1 Å². The smallest absolute Gasteiger partial charge is 0 e. The van der Waals surface area contributed by atoms with Crippen LogP contribution in [0.2, 0.25) is 0 Å². The molecule has 0 atom stereocenters. The van der Waals surface area contributed by atoms with E-state index in [2.05, 4.69) is 96.4 Å². The fourth-order valence-electron chi connectivity index (χ4n) is 2.58. The van der Waals surface area contributed by atoms with Crippen LogP contribution in [-0.4, -0.2) is 38.1 Å². The Morgan fingerprint density at radius 2 is 1.35 bits per heavy atom. The van der Waals surface area contributed by atoms with Gasteiger partial charge >= 0.3 is 131 Å². The van der Waals surface area contributed by atoms with E-state index < -0.39 is 0 Å². The van der Waals surface area contributed by atoms with Crippen molar-refractivity contribution in [2.45, 2.75) is 13.8 Å². The SMILES string of the molecule is CCN(CC)C(=[Se])/C=C(\[C]1[CH][CH][CH][CH]1)c1ccccc1.[CH]1[CH][CH][CH][CH]1.[Fe]. The van der Waals surface area contributed by atoms with Gasteiger partial charge in [0.25, 0.3) is 0 Å². The van der Waals surface area contributed by atoms with Crippen LogP contribution < -0.4 is 0 Å². The maximum Gasteiger partial charge on any atom is 0 e. The summed E-state index contributed by atoms with van der Waals surface area (Å²) in [7, 11) is 0. The van der Waals surface area contributed by atoms with Gasteiger partial charge in [-0.3, -0.25) is 0 Å². The summed E-state index contributed by atoms with van der Waals surface area (Å²) >= 11 is 3.21. The van der Waals surface area contributed by atoms with E-state index in [1.807, 2.05) is 32.1 Å². The third-order valence-corrected chi connectivity index (χ3v) is 4.75. The topological polar surface area (TPSA) is 3.24 Å². The molecule has 0 unspecified atom stereocenters. The summed E-state index contributed by atoms with van der Waals surface area (Å²) in [5.74, 6) is 1.26. The van der Waals surface area contributed by atoms with Crippen LogP contribution in [0, 0.1) is 63.7 Å². The molecule has 0 aliphatic heterocycles. The molecule has 3 heteroatoms. The third kappa shape index (κ3) is 7.73. The first kappa shape index (κ1) is 23.7. The average molecular weight is 450 g/mol. The maximum absolute atomic E-state index is 3.21. The van der Waals surface area contributed by atoms with Crippen molar-refractivity contribution in [1.82, 2.24) is 4.90 Å². The minimum absolute atomic E-state index is 0. The molecular formula is C23H25FeNSe. The van der Waals surface area contributed by atoms with E-state index >= 15 is 0 Å². The van der Waals surface area contributed by atoms with Crippen molar-refractivity contribution in [3.05, 3.63) is 106 Å². The third-order valence-electron chi connectivity index (χ3n) is 3.96. The van der Waals surface area contributed by atoms with Gasteiger partial charge in [-0.15, -0.1) is 0 Å². The summed E-state index contributed by atoms with van der Waals surface area (Å²) in [5.41, 5.74) is 2.51. The molecule has 0 spiro atoms. The molecule has 2 aliphatic carbocycles. The second-order valence-electron chi connectivity index (χ2n) is 5.57. The quantitative estimate of drug-likeness (QED) is 0.590. The molecule has 1 aromatic carbocycles. The Morgan fingerprint density at radius 3 is 1.81 bits per heavy atom. The number of likely N-dealkylation sites (N-methyl/N-ethyl adjacent to an activating group) is 1. The molecule has 0 bridgehead atoms. The van der Waals surface area contributed by atoms with Crippen LogP contribution >= 0.6 is 0 Å². The first-order valence-electron chi connectivity index (χ1n) is 8.71. The molecule has 0 saturated heterocycles. The summed E-state index contributed by atoms with van der Waals surface area (Å²) in [6.07, 6.45) is 20.7. The summed E-state index contributed by atoms with van der Waals surface area (Å²) in [6, 6.07) is 10.5. The Kier molecular flexibility index (Phi) is 12.6. The van der Waals surface area contributed by atoms with Crippen molar-refractivity contribution >= 4 is 25.7 Å². The molecule has 10 radical (unpaired) electrons. The van der Waals surface area contributed by atoms with Crippen LogP contribution in [0.25, 0.3) is 5.57 Å². The van der Waals surface area contributed by atoms with Crippen LogP contribution in [0.4, 0.5) is 0 Å². The second kappa shape index (κ2) is 13.8. The molecule has 0 aromatic heterocycles. The summed E-state index contributed by atoms with van der Waals surface area (Å²) in [4.78, 5) is 2.33. The minimum Gasteiger partial charge on any atom is -0.0312 e. The monoisotopic (exact) mass is 451 g/mol. The van der Waals surface area contributed by atoms with Gasteiger partial charge in [0.15, 0.2) is 0 Å². The van der Waals surface area contributed by atoms with Crippen molar-refractivity contribution in [3.8, 4) is 0 Å². The molecule has 0 amide bonds. The second-order valence-corrected chi connectivity index (χ2v) is 6.45. The van der Waals surface area contributed by atoms with E-state index in [-0.39, 0.29) is 17.1 Å². The number of hydrogen-bond acceptors (Lipinski definition) is 1. The number of hydrogen-bond donors (Lipinski definition) is 0. The molecule has 1 aromatic rings. The Balaban J connectivity index is 0.000000486. The van der Waals surface area contributed by atoms with Gasteiger partial charge in [0.05, 0.1) is 0 Å². The zero-order chi connectivity index (χ0) is 17.9. The largest absolute Gasteiger partial charge is 0.0312 e. The molecule has 2 aliphatic rings. The Hall–Kier alpha value is -0.331. The Labute approximate surface area is 179 Å². The van der Waals surface area contributed by atoms with Crippen LogP contribution in [-0.2, 0) is 17.1 Å². The van der Waals surface area contributed by atoms with Crippen molar-refractivity contribution in [1.29, 1.82) is 0 Å². The van der Waals surface area contributed by atoms with E-state index in [1.165, 1.54) is 21.6 Å². The number of nitrogens with zero attached hydrogens (tertiary/aromatic N) is 1. The fourth-order valence-corrected chi connectivity index (χ4v) is 3.36. The van der Waals surface area contributed by atoms with Crippen molar-refractivity contribution in [3.63, 3.8) is 0 Å². The van der Waals surface area contributed by atoms with Gasteiger partial charge in [-0.25, -0.2) is 0 Å². The first-order valence-corrected chi connectivity index (χ1v) is 9.56. The number of allylic oxidation sites excluding steroid dienone is 1. The van der Waals surface area contributed by atoms with E-state index in [0.717, 1.165) is 13.1 Å². The Bertz CT molecular complexity index is 519. The Morgan fingerprint density at radius 1 is 0.846 bits per heavy atom. The summed E-state index contributed by atoms with van der Waals surface area (Å²) in [5, 5.41) is 0. The fraction of sp³-hybridized carbons (Fsp3) is 0.174. The van der Waals surface area contributed by atoms with Crippen molar-refractivity contribution < 1.29 is 17.1 Å². The molecule has 26 heavy (non-hydrogen) atoms. The van der Waals surface area contributed by atoms with E-state index in [1.54, 1.807) is 0 Å². The van der Waals surface area contributed by atoms with Gasteiger partial charge in [0.2, 0.25) is 0 Å². The van der Waals surface area contributed by atoms with Gasteiger partial charge in [-0.05, 0) is 32.1 Å². The van der Waals surface area contributed by atoms with Gasteiger partial charge in [0.1, 0.15) is 0 Å². The van der Waals surface area contributed by atoms with E-state index in [4.69, 9.17) is 0 Å². The molecule has 0 N–H and O–H groups in total. The summed E-state index contributed by atoms with van der Waals surface area (Å²) < 4.78 is 1.19. The first-order chi connectivity index (χ1) is 12.3. The zero-order valence-corrected chi connectivity index (χ0v) is 18.1. The summed E-state index contributed by atoms with van der Waals surface area (Å²) in [6.45, 7) is 6.38. The van der Waals surface area contributed by atoms with Gasteiger partial charge in [0, 0.05) is 17.1 Å². The average Bonchev–Trinajstić information content (AvgIpc) is 3.37. The number of benzene rings is 1. The normalized spacial score (nSPS) is 17.2. The molecule has 0 heterocycles. The molecule has 3 rings (SSSR count). The molecule has 1 nitrogen and oxygen atoms in total. The minimum atomic E-state index is 0. The van der Waals surface area contributed by atoms with Crippen LogP contribution in [0.1, 0.15) is 19.4 Å². The van der Waals surface area contributed by atoms with Crippen LogP contribution in [0.3, 0.4) is 0 Å². The van der Waals surface area contributed by atoms with Gasteiger partial charge in [-0.2, -0.15) is 0 Å².